The third-order valence-corrected chi connectivity index (χ3v) is 0. The standard InChI is InChI=1S/Mo.5H2O.3O/h;5*1H2;;;. The molecule has 0 aromatic carbocycles. The second-order valence-corrected chi connectivity index (χ2v) is 1.21. The average Bonchev–Trinajstić information content (AvgIpc) is 0.811. The van der Waals surface area contributed by atoms with Crippen LogP contribution in [-0.2, 0) is 27.4 Å². The van der Waals surface area contributed by atoms with Crippen LogP contribution in [0.2, 0.25) is 0 Å². The molecule has 0 aliphatic carbocycles. The summed E-state index contributed by atoms with van der Waals surface area (Å²) in [5.74, 6) is 0. The van der Waals surface area contributed by atoms with Gasteiger partial charge in [0.05, 0.1) is 0 Å². The third-order valence-electron chi connectivity index (χ3n) is 0. The van der Waals surface area contributed by atoms with Crippen LogP contribution in [-0.4, -0.2) is 27.4 Å². The van der Waals surface area contributed by atoms with E-state index in [0.29, 0.717) is 0 Å². The van der Waals surface area contributed by atoms with Crippen molar-refractivity contribution in [2.75, 3.05) is 0 Å². The maximum absolute atomic E-state index is 8.59. The normalized spacial score (nSPS) is 2.67. The van der Waals surface area contributed by atoms with Gasteiger partial charge in [-0.1, -0.05) is 0 Å². The SMILES string of the molecule is O.O.O.O.O.[O]=[Mo](=[O])=[O]. The summed E-state index contributed by atoms with van der Waals surface area (Å²) in [6.07, 6.45) is 0. The molecule has 0 rings (SSSR count). The first kappa shape index (κ1) is 66.3. The van der Waals surface area contributed by atoms with Gasteiger partial charge in [-0.05, 0) is 0 Å². The molecule has 0 amide bonds. The molecule has 0 bridgehead atoms. The van der Waals surface area contributed by atoms with Crippen LogP contribution in [0.25, 0.3) is 0 Å². The Labute approximate surface area is 55.5 Å². The summed E-state index contributed by atoms with van der Waals surface area (Å²) in [6.45, 7) is 0. The summed E-state index contributed by atoms with van der Waals surface area (Å²) in [7, 11) is 0. The van der Waals surface area contributed by atoms with E-state index in [0.717, 1.165) is 0 Å². The molecule has 9 heavy (non-hydrogen) atoms. The van der Waals surface area contributed by atoms with E-state index in [1.165, 1.54) is 0 Å². The van der Waals surface area contributed by atoms with Gasteiger partial charge in [-0.3, -0.25) is 0 Å². The monoisotopic (exact) mass is 236 g/mol. The molecule has 64 valence electrons. The van der Waals surface area contributed by atoms with Crippen LogP contribution >= 0.6 is 0 Å². The van der Waals surface area contributed by atoms with E-state index in [4.69, 9.17) is 10.2 Å². The quantitative estimate of drug-likeness (QED) is 0.379. The zero-order valence-electron chi connectivity index (χ0n) is 4.13. The average molecular weight is 234 g/mol. The van der Waals surface area contributed by atoms with Crippen molar-refractivity contribution in [1.82, 2.24) is 0 Å². The van der Waals surface area contributed by atoms with Crippen molar-refractivity contribution >= 4 is 0 Å². The van der Waals surface area contributed by atoms with Gasteiger partial charge >= 0.3 is 27.4 Å². The molecule has 0 atom stereocenters. The molecule has 10 N–H and O–H groups in total. The van der Waals surface area contributed by atoms with E-state index in [2.05, 4.69) is 0 Å². The molecule has 0 unspecified atom stereocenters. The van der Waals surface area contributed by atoms with E-state index >= 15 is 0 Å². The topological polar surface area (TPSA) is 209 Å². The van der Waals surface area contributed by atoms with Crippen molar-refractivity contribution in [3.8, 4) is 0 Å². The number of hydrogen-bond acceptors (Lipinski definition) is 3. The van der Waals surface area contributed by atoms with Gasteiger partial charge in [0.15, 0.2) is 0 Å². The van der Waals surface area contributed by atoms with Crippen LogP contribution in [0, 0.1) is 0 Å². The molecule has 0 saturated carbocycles. The number of rotatable bonds is 0. The molecule has 0 aromatic heterocycles. The van der Waals surface area contributed by atoms with E-state index < -0.39 is 17.2 Å². The first-order valence-electron chi connectivity index (χ1n) is 0.500. The summed E-state index contributed by atoms with van der Waals surface area (Å²) >= 11 is -4.11. The molecular weight excluding hydrogens is 224 g/mol. The van der Waals surface area contributed by atoms with Gasteiger partial charge in [0.2, 0.25) is 0 Å². The van der Waals surface area contributed by atoms with Gasteiger partial charge in [-0.25, -0.2) is 0 Å². The Hall–Kier alpha value is -0.112. The van der Waals surface area contributed by atoms with Gasteiger partial charge in [-0.15, -0.1) is 0 Å². The zero-order valence-corrected chi connectivity index (χ0v) is 6.14. The Balaban J connectivity index is -0.00000000450. The van der Waals surface area contributed by atoms with Crippen molar-refractivity contribution in [3.63, 3.8) is 0 Å². The molecule has 9 heteroatoms. The Morgan fingerprint density at radius 3 is 0.556 bits per heavy atom. The molecule has 0 radical (unpaired) electrons. The van der Waals surface area contributed by atoms with Crippen molar-refractivity contribution < 1.29 is 54.8 Å². The van der Waals surface area contributed by atoms with Gasteiger partial charge in [0, 0.05) is 0 Å². The molecule has 0 saturated heterocycles. The molecule has 0 aliphatic rings. The second kappa shape index (κ2) is 44.9. The van der Waals surface area contributed by atoms with Gasteiger partial charge in [-0.2, -0.15) is 0 Å². The van der Waals surface area contributed by atoms with E-state index in [1.54, 1.807) is 0 Å². The van der Waals surface area contributed by atoms with Crippen LogP contribution in [0.15, 0.2) is 0 Å². The first-order chi connectivity index (χ1) is 1.73. The third kappa shape index (κ3) is 21900. The predicted molar refractivity (Wildman–Crippen MR) is 20.1 cm³/mol. The molecule has 8 nitrogen and oxygen atoms in total. The predicted octanol–water partition coefficient (Wildman–Crippen LogP) is -4.48. The van der Waals surface area contributed by atoms with Crippen LogP contribution in [0.4, 0.5) is 0 Å². The summed E-state index contributed by atoms with van der Waals surface area (Å²) in [5.41, 5.74) is 0. The zero-order chi connectivity index (χ0) is 3.58. The van der Waals surface area contributed by atoms with Crippen LogP contribution in [0.1, 0.15) is 0 Å². The number of hydrogen-bond donors (Lipinski definition) is 0. The van der Waals surface area contributed by atoms with E-state index in [1.807, 2.05) is 0 Å². The van der Waals surface area contributed by atoms with Crippen LogP contribution in [0.3, 0.4) is 0 Å². The van der Waals surface area contributed by atoms with Crippen molar-refractivity contribution in [2.24, 2.45) is 0 Å². The Bertz CT molecular complexity index is 74.0. The van der Waals surface area contributed by atoms with Gasteiger partial charge < -0.3 is 27.4 Å². The van der Waals surface area contributed by atoms with Crippen molar-refractivity contribution in [3.05, 3.63) is 0 Å². The van der Waals surface area contributed by atoms with Gasteiger partial charge in [0.1, 0.15) is 0 Å². The minimum atomic E-state index is -4.11. The van der Waals surface area contributed by atoms with Gasteiger partial charge in [0.25, 0.3) is 0 Å². The molecule has 0 fully saturated rings. The van der Waals surface area contributed by atoms with Crippen molar-refractivity contribution in [2.45, 2.75) is 0 Å². The molecular formula is H10MoO8. The summed E-state index contributed by atoms with van der Waals surface area (Å²) < 4.78 is 25.8. The van der Waals surface area contributed by atoms with E-state index in [-0.39, 0.29) is 27.4 Å². The fraction of sp³-hybridized carbons (Fsp3) is 0. The molecule has 0 aliphatic heterocycles. The van der Waals surface area contributed by atoms with E-state index in [9.17, 15) is 0 Å². The Morgan fingerprint density at radius 1 is 0.556 bits per heavy atom. The summed E-state index contributed by atoms with van der Waals surface area (Å²) in [6, 6.07) is 0. The first-order valence-corrected chi connectivity index (χ1v) is 2.96. The summed E-state index contributed by atoms with van der Waals surface area (Å²) in [4.78, 5) is 0. The van der Waals surface area contributed by atoms with Crippen LogP contribution in [0.5, 0.6) is 0 Å². The maximum atomic E-state index is 8.59. The fourth-order valence-corrected chi connectivity index (χ4v) is 0. The van der Waals surface area contributed by atoms with Crippen LogP contribution < -0.4 is 0 Å². The molecule has 0 spiro atoms. The Kier molecular flexibility index (Phi) is 331. The van der Waals surface area contributed by atoms with Crippen molar-refractivity contribution in [1.29, 1.82) is 0 Å². The minimum absolute atomic E-state index is 0. The second-order valence-electron chi connectivity index (χ2n) is 0.204. The Morgan fingerprint density at radius 2 is 0.556 bits per heavy atom. The summed E-state index contributed by atoms with van der Waals surface area (Å²) in [5, 5.41) is 0. The fourth-order valence-electron chi connectivity index (χ4n) is 0. The molecule has 0 aromatic rings. The molecule has 0 heterocycles.